The van der Waals surface area contributed by atoms with Crippen molar-refractivity contribution < 1.29 is 4.74 Å². The highest BCUT2D eigenvalue weighted by Crippen LogP contribution is 2.25. The summed E-state index contributed by atoms with van der Waals surface area (Å²) in [5.41, 5.74) is 1.27. The van der Waals surface area contributed by atoms with E-state index in [1.54, 1.807) is 7.11 Å². The Labute approximate surface area is 117 Å². The molecular weight excluding hydrogens is 302 g/mol. The Kier molecular flexibility index (Phi) is 6.31. The fourth-order valence-electron chi connectivity index (χ4n) is 1.60. The van der Waals surface area contributed by atoms with Crippen LogP contribution in [-0.2, 0) is 6.54 Å². The lowest BCUT2D eigenvalue weighted by Gasteiger charge is -2.17. The van der Waals surface area contributed by atoms with Crippen molar-refractivity contribution in [2.24, 2.45) is 0 Å². The number of benzene rings is 1. The molecule has 17 heavy (non-hydrogen) atoms. The van der Waals surface area contributed by atoms with E-state index in [-0.39, 0.29) is 5.38 Å². The molecule has 2 nitrogen and oxygen atoms in total. The van der Waals surface area contributed by atoms with E-state index in [0.717, 1.165) is 29.7 Å². The summed E-state index contributed by atoms with van der Waals surface area (Å²) in [6.07, 6.45) is 1.01. The van der Waals surface area contributed by atoms with Gasteiger partial charge >= 0.3 is 0 Å². The number of hydrogen-bond acceptors (Lipinski definition) is 2. The molecule has 4 heteroatoms. The third kappa shape index (κ3) is 5.28. The Morgan fingerprint density at radius 3 is 2.71 bits per heavy atom. The number of halogens is 2. The fraction of sp³-hybridized carbons (Fsp3) is 0.538. The maximum atomic E-state index is 5.94. The Morgan fingerprint density at radius 1 is 1.47 bits per heavy atom. The molecule has 0 heterocycles. The highest BCUT2D eigenvalue weighted by atomic mass is 79.9. The second-order valence-electron chi connectivity index (χ2n) is 4.28. The Bertz CT molecular complexity index is 357. The fourth-order valence-corrected chi connectivity index (χ4v) is 2.28. The summed E-state index contributed by atoms with van der Waals surface area (Å²) in [5, 5.41) is 0.236. The van der Waals surface area contributed by atoms with Gasteiger partial charge in [-0.1, -0.05) is 6.07 Å². The van der Waals surface area contributed by atoms with Crippen LogP contribution in [0.2, 0.25) is 0 Å². The SMILES string of the molecule is COc1ccc(CN(C)CCC(C)Cl)cc1Br. The summed E-state index contributed by atoms with van der Waals surface area (Å²) in [6.45, 7) is 3.96. The molecule has 0 aromatic heterocycles. The summed E-state index contributed by atoms with van der Waals surface area (Å²) in [7, 11) is 3.78. The number of rotatable bonds is 6. The van der Waals surface area contributed by atoms with Gasteiger partial charge in [0.05, 0.1) is 11.6 Å². The van der Waals surface area contributed by atoms with Gasteiger partial charge in [-0.05, 0) is 60.6 Å². The second kappa shape index (κ2) is 7.24. The topological polar surface area (TPSA) is 12.5 Å². The zero-order chi connectivity index (χ0) is 12.8. The third-order valence-corrected chi connectivity index (χ3v) is 3.42. The van der Waals surface area contributed by atoms with Crippen molar-refractivity contribution in [3.05, 3.63) is 28.2 Å². The van der Waals surface area contributed by atoms with E-state index in [1.807, 2.05) is 13.0 Å². The minimum absolute atomic E-state index is 0.236. The van der Waals surface area contributed by atoms with E-state index in [2.05, 4.69) is 40.0 Å². The summed E-state index contributed by atoms with van der Waals surface area (Å²) < 4.78 is 6.20. The highest BCUT2D eigenvalue weighted by Gasteiger charge is 2.05. The molecule has 0 spiro atoms. The van der Waals surface area contributed by atoms with Crippen LogP contribution in [0.25, 0.3) is 0 Å². The molecule has 1 unspecified atom stereocenters. The van der Waals surface area contributed by atoms with Crippen molar-refractivity contribution in [3.8, 4) is 5.75 Å². The molecule has 0 aliphatic carbocycles. The van der Waals surface area contributed by atoms with Gasteiger partial charge in [0, 0.05) is 11.9 Å². The Balaban J connectivity index is 2.53. The predicted octanol–water partition coefficient (Wildman–Crippen LogP) is 3.91. The normalized spacial score (nSPS) is 12.8. The van der Waals surface area contributed by atoms with Crippen LogP contribution in [0.1, 0.15) is 18.9 Å². The number of nitrogens with zero attached hydrogens (tertiary/aromatic N) is 1. The molecule has 1 atom stereocenters. The van der Waals surface area contributed by atoms with E-state index in [9.17, 15) is 0 Å². The third-order valence-electron chi connectivity index (χ3n) is 2.58. The van der Waals surface area contributed by atoms with E-state index < -0.39 is 0 Å². The quantitative estimate of drug-likeness (QED) is 0.737. The van der Waals surface area contributed by atoms with Gasteiger partial charge in [-0.25, -0.2) is 0 Å². The van der Waals surface area contributed by atoms with Crippen molar-refractivity contribution in [2.75, 3.05) is 20.7 Å². The van der Waals surface area contributed by atoms with Crippen molar-refractivity contribution in [1.29, 1.82) is 0 Å². The summed E-state index contributed by atoms with van der Waals surface area (Å²) in [4.78, 5) is 2.27. The van der Waals surface area contributed by atoms with Gasteiger partial charge < -0.3 is 9.64 Å². The summed E-state index contributed by atoms with van der Waals surface area (Å²) in [6, 6.07) is 6.17. The van der Waals surface area contributed by atoms with E-state index in [0.29, 0.717) is 0 Å². The molecule has 0 amide bonds. The predicted molar refractivity (Wildman–Crippen MR) is 77.0 cm³/mol. The first-order chi connectivity index (χ1) is 8.02. The van der Waals surface area contributed by atoms with Crippen LogP contribution < -0.4 is 4.74 Å². The molecule has 1 aromatic carbocycles. The highest BCUT2D eigenvalue weighted by molar-refractivity contribution is 9.10. The van der Waals surface area contributed by atoms with E-state index in [4.69, 9.17) is 16.3 Å². The zero-order valence-electron chi connectivity index (χ0n) is 10.5. The monoisotopic (exact) mass is 319 g/mol. The Hall–Kier alpha value is -0.250. The van der Waals surface area contributed by atoms with Gasteiger partial charge in [-0.2, -0.15) is 0 Å². The number of hydrogen-bond donors (Lipinski definition) is 0. The van der Waals surface area contributed by atoms with Crippen molar-refractivity contribution in [2.45, 2.75) is 25.3 Å². The minimum Gasteiger partial charge on any atom is -0.496 e. The van der Waals surface area contributed by atoms with Crippen LogP contribution in [0, 0.1) is 0 Å². The van der Waals surface area contributed by atoms with Gasteiger partial charge in [0.25, 0.3) is 0 Å². The van der Waals surface area contributed by atoms with Gasteiger partial charge in [-0.15, -0.1) is 11.6 Å². The molecule has 0 saturated heterocycles. The van der Waals surface area contributed by atoms with Gasteiger partial charge in [-0.3, -0.25) is 0 Å². The number of alkyl halides is 1. The average Bonchev–Trinajstić information content (AvgIpc) is 2.26. The standard InChI is InChI=1S/C13H19BrClNO/c1-10(15)6-7-16(2)9-11-4-5-13(17-3)12(14)8-11/h4-5,8,10H,6-7,9H2,1-3H3. The molecule has 0 saturated carbocycles. The molecule has 0 N–H and O–H groups in total. The van der Waals surface area contributed by atoms with Crippen molar-refractivity contribution in [1.82, 2.24) is 4.90 Å². The molecule has 0 bridgehead atoms. The van der Waals surface area contributed by atoms with Crippen LogP contribution in [-0.4, -0.2) is 31.0 Å². The summed E-state index contributed by atoms with van der Waals surface area (Å²) >= 11 is 9.43. The maximum Gasteiger partial charge on any atom is 0.133 e. The van der Waals surface area contributed by atoms with E-state index in [1.165, 1.54) is 5.56 Å². The minimum atomic E-state index is 0.236. The molecule has 0 fully saturated rings. The molecule has 0 aliphatic rings. The van der Waals surface area contributed by atoms with Crippen LogP contribution >= 0.6 is 27.5 Å². The van der Waals surface area contributed by atoms with Gasteiger partial charge in [0.2, 0.25) is 0 Å². The second-order valence-corrected chi connectivity index (χ2v) is 5.88. The number of methoxy groups -OCH3 is 1. The molecule has 0 radical (unpaired) electrons. The van der Waals surface area contributed by atoms with Crippen LogP contribution in [0.15, 0.2) is 22.7 Å². The molecular formula is C13H19BrClNO. The number of ether oxygens (including phenoxy) is 1. The molecule has 0 aliphatic heterocycles. The maximum absolute atomic E-state index is 5.94. The first-order valence-corrected chi connectivity index (χ1v) is 6.91. The smallest absolute Gasteiger partial charge is 0.133 e. The lowest BCUT2D eigenvalue weighted by molar-refractivity contribution is 0.321. The first kappa shape index (κ1) is 14.8. The lowest BCUT2D eigenvalue weighted by atomic mass is 10.2. The van der Waals surface area contributed by atoms with Crippen LogP contribution in [0.3, 0.4) is 0 Å². The molecule has 96 valence electrons. The lowest BCUT2D eigenvalue weighted by Crippen LogP contribution is -2.20. The van der Waals surface area contributed by atoms with Gasteiger partial charge in [0.15, 0.2) is 0 Å². The summed E-state index contributed by atoms with van der Waals surface area (Å²) in [5.74, 6) is 0.866. The first-order valence-electron chi connectivity index (χ1n) is 5.68. The molecule has 1 rings (SSSR count). The zero-order valence-corrected chi connectivity index (χ0v) is 12.9. The van der Waals surface area contributed by atoms with Crippen LogP contribution in [0.5, 0.6) is 5.75 Å². The largest absolute Gasteiger partial charge is 0.496 e. The Morgan fingerprint density at radius 2 is 2.18 bits per heavy atom. The van der Waals surface area contributed by atoms with E-state index >= 15 is 0 Å². The van der Waals surface area contributed by atoms with Crippen LogP contribution in [0.4, 0.5) is 0 Å². The molecule has 1 aromatic rings. The average molecular weight is 321 g/mol. The van der Waals surface area contributed by atoms with Gasteiger partial charge in [0.1, 0.15) is 5.75 Å². The van der Waals surface area contributed by atoms with Crippen molar-refractivity contribution in [3.63, 3.8) is 0 Å². The van der Waals surface area contributed by atoms with Crippen molar-refractivity contribution >= 4 is 27.5 Å².